The molecule has 1 heterocycles. The molecule has 1 unspecified atom stereocenters. The van der Waals surface area contributed by atoms with Crippen LogP contribution in [0.5, 0.6) is 5.75 Å². The summed E-state index contributed by atoms with van der Waals surface area (Å²) in [5.41, 5.74) is 0.330. The number of carbonyl (C=O) groups is 1. The number of alkyl halides is 3. The first-order chi connectivity index (χ1) is 13.4. The molecule has 4 nitrogen and oxygen atoms in total. The number of rotatable bonds is 6. The van der Waals surface area contributed by atoms with Gasteiger partial charge in [-0.2, -0.15) is 13.2 Å². The van der Waals surface area contributed by atoms with Gasteiger partial charge >= 0.3 is 6.18 Å². The van der Waals surface area contributed by atoms with Crippen LogP contribution in [0.4, 0.5) is 13.2 Å². The van der Waals surface area contributed by atoms with Crippen molar-refractivity contribution >= 4 is 5.91 Å². The monoisotopic (exact) mass is 392 g/mol. The lowest BCUT2D eigenvalue weighted by Crippen LogP contribution is -2.48. The van der Waals surface area contributed by atoms with E-state index < -0.39 is 24.3 Å². The van der Waals surface area contributed by atoms with Crippen LogP contribution in [-0.2, 0) is 17.5 Å². The summed E-state index contributed by atoms with van der Waals surface area (Å²) in [4.78, 5) is 14.4. The SMILES string of the molecule is O=C(COc1ccccc1C(F)(F)F)NC1CCCN(Cc2ccccc2)C1. The molecule has 2 aromatic rings. The molecule has 3 rings (SSSR count). The molecular formula is C21H23F3N2O2. The minimum atomic E-state index is -4.52. The molecule has 0 saturated carbocycles. The van der Waals surface area contributed by atoms with Crippen LogP contribution in [0.15, 0.2) is 54.6 Å². The van der Waals surface area contributed by atoms with E-state index in [1.807, 2.05) is 18.2 Å². The second-order valence-corrected chi connectivity index (χ2v) is 6.91. The molecule has 0 aliphatic carbocycles. The lowest BCUT2D eigenvalue weighted by molar-refractivity contribution is -0.139. The Hall–Kier alpha value is -2.54. The van der Waals surface area contributed by atoms with Crippen LogP contribution in [0.3, 0.4) is 0 Å². The van der Waals surface area contributed by atoms with Crippen molar-refractivity contribution in [2.24, 2.45) is 0 Å². The van der Waals surface area contributed by atoms with E-state index in [0.717, 1.165) is 32.0 Å². The van der Waals surface area contributed by atoms with Crippen LogP contribution in [0.1, 0.15) is 24.0 Å². The van der Waals surface area contributed by atoms with Gasteiger partial charge in [0, 0.05) is 19.1 Å². The number of halogens is 3. The Labute approximate surface area is 162 Å². The molecule has 1 aliphatic rings. The summed E-state index contributed by atoms with van der Waals surface area (Å²) in [6.45, 7) is 2.03. The number of para-hydroxylation sites is 1. The number of likely N-dealkylation sites (tertiary alicyclic amines) is 1. The Balaban J connectivity index is 1.50. The van der Waals surface area contributed by atoms with E-state index in [1.165, 1.54) is 23.8 Å². The maximum atomic E-state index is 13.0. The van der Waals surface area contributed by atoms with Crippen LogP contribution < -0.4 is 10.1 Å². The van der Waals surface area contributed by atoms with Gasteiger partial charge in [0.05, 0.1) is 5.56 Å². The Kier molecular flexibility index (Phi) is 6.57. The molecule has 28 heavy (non-hydrogen) atoms. The second kappa shape index (κ2) is 9.10. The maximum absolute atomic E-state index is 13.0. The van der Waals surface area contributed by atoms with Crippen molar-refractivity contribution < 1.29 is 22.7 Å². The lowest BCUT2D eigenvalue weighted by Gasteiger charge is -2.33. The van der Waals surface area contributed by atoms with Crippen LogP contribution in [-0.4, -0.2) is 36.5 Å². The Morgan fingerprint density at radius 3 is 2.57 bits per heavy atom. The van der Waals surface area contributed by atoms with Gasteiger partial charge in [0.15, 0.2) is 6.61 Å². The van der Waals surface area contributed by atoms with Gasteiger partial charge in [0.2, 0.25) is 0 Å². The van der Waals surface area contributed by atoms with Gasteiger partial charge in [-0.25, -0.2) is 0 Å². The van der Waals surface area contributed by atoms with Crippen molar-refractivity contribution in [2.75, 3.05) is 19.7 Å². The predicted octanol–water partition coefficient (Wildman–Crippen LogP) is 3.87. The highest BCUT2D eigenvalue weighted by atomic mass is 19.4. The van der Waals surface area contributed by atoms with E-state index in [2.05, 4.69) is 22.3 Å². The van der Waals surface area contributed by atoms with E-state index >= 15 is 0 Å². The molecule has 0 bridgehead atoms. The molecule has 1 amide bonds. The first-order valence-electron chi connectivity index (χ1n) is 9.26. The molecule has 1 atom stereocenters. The van der Waals surface area contributed by atoms with E-state index in [-0.39, 0.29) is 11.8 Å². The number of hydrogen-bond donors (Lipinski definition) is 1. The summed E-state index contributed by atoms with van der Waals surface area (Å²) in [6.07, 6.45) is -2.72. The minimum absolute atomic E-state index is 0.0357. The fourth-order valence-electron chi connectivity index (χ4n) is 3.40. The zero-order valence-corrected chi connectivity index (χ0v) is 15.4. The third-order valence-corrected chi connectivity index (χ3v) is 4.67. The van der Waals surface area contributed by atoms with Gasteiger partial charge in [-0.1, -0.05) is 42.5 Å². The number of piperidine rings is 1. The van der Waals surface area contributed by atoms with Gasteiger partial charge in [-0.15, -0.1) is 0 Å². The van der Waals surface area contributed by atoms with Gasteiger partial charge in [0.25, 0.3) is 5.91 Å². The first kappa shape index (κ1) is 20.2. The Bertz CT molecular complexity index is 781. The largest absolute Gasteiger partial charge is 0.483 e. The molecule has 0 spiro atoms. The molecule has 1 fully saturated rings. The Morgan fingerprint density at radius 1 is 1.11 bits per heavy atom. The summed E-state index contributed by atoms with van der Waals surface area (Å²) in [7, 11) is 0. The fraction of sp³-hybridized carbons (Fsp3) is 0.381. The first-order valence-corrected chi connectivity index (χ1v) is 9.26. The summed E-state index contributed by atoms with van der Waals surface area (Å²) in [5, 5.41) is 2.88. The van der Waals surface area contributed by atoms with Gasteiger partial charge in [-0.05, 0) is 37.1 Å². The summed E-state index contributed by atoms with van der Waals surface area (Å²) < 4.78 is 44.1. The number of carbonyl (C=O) groups excluding carboxylic acids is 1. The number of nitrogens with zero attached hydrogens (tertiary/aromatic N) is 1. The molecule has 0 radical (unpaired) electrons. The van der Waals surface area contributed by atoms with Crippen LogP contribution in [0.25, 0.3) is 0 Å². The summed E-state index contributed by atoms with van der Waals surface area (Å²) in [6, 6.07) is 15.0. The third-order valence-electron chi connectivity index (χ3n) is 4.67. The number of hydrogen-bond acceptors (Lipinski definition) is 3. The van der Waals surface area contributed by atoms with E-state index in [4.69, 9.17) is 4.74 Å². The maximum Gasteiger partial charge on any atom is 0.419 e. The number of amides is 1. The Morgan fingerprint density at radius 2 is 1.82 bits per heavy atom. The highest BCUT2D eigenvalue weighted by Crippen LogP contribution is 2.35. The average molecular weight is 392 g/mol. The molecule has 150 valence electrons. The zero-order chi connectivity index (χ0) is 20.0. The minimum Gasteiger partial charge on any atom is -0.483 e. The molecule has 0 aromatic heterocycles. The lowest BCUT2D eigenvalue weighted by atomic mass is 10.0. The average Bonchev–Trinajstić information content (AvgIpc) is 2.67. The van der Waals surface area contributed by atoms with Gasteiger partial charge < -0.3 is 10.1 Å². The van der Waals surface area contributed by atoms with Crippen molar-refractivity contribution in [1.29, 1.82) is 0 Å². The quantitative estimate of drug-likeness (QED) is 0.812. The molecular weight excluding hydrogens is 369 g/mol. The van der Waals surface area contributed by atoms with E-state index in [9.17, 15) is 18.0 Å². The van der Waals surface area contributed by atoms with Crippen molar-refractivity contribution in [3.05, 3.63) is 65.7 Å². The number of ether oxygens (including phenoxy) is 1. The summed E-state index contributed by atoms with van der Waals surface area (Å²) in [5.74, 6) is -0.747. The summed E-state index contributed by atoms with van der Waals surface area (Å²) >= 11 is 0. The van der Waals surface area contributed by atoms with Gasteiger partial charge in [-0.3, -0.25) is 9.69 Å². The van der Waals surface area contributed by atoms with Crippen molar-refractivity contribution in [1.82, 2.24) is 10.2 Å². The molecule has 1 aliphatic heterocycles. The van der Waals surface area contributed by atoms with Crippen LogP contribution in [0, 0.1) is 0 Å². The molecule has 2 aromatic carbocycles. The topological polar surface area (TPSA) is 41.6 Å². The molecule has 7 heteroatoms. The number of nitrogens with one attached hydrogen (secondary N) is 1. The smallest absolute Gasteiger partial charge is 0.419 e. The standard InChI is InChI=1S/C21H23F3N2O2/c22-21(23,24)18-10-4-5-11-19(18)28-15-20(27)25-17-9-6-12-26(14-17)13-16-7-2-1-3-8-16/h1-5,7-8,10-11,17H,6,9,12-15H2,(H,25,27). The van der Waals surface area contributed by atoms with E-state index in [0.29, 0.717) is 6.54 Å². The number of benzene rings is 2. The molecule has 1 N–H and O–H groups in total. The van der Waals surface area contributed by atoms with Gasteiger partial charge in [0.1, 0.15) is 5.75 Å². The highest BCUT2D eigenvalue weighted by molar-refractivity contribution is 5.77. The normalized spacial score (nSPS) is 17.9. The predicted molar refractivity (Wildman–Crippen MR) is 99.8 cm³/mol. The van der Waals surface area contributed by atoms with Crippen LogP contribution >= 0.6 is 0 Å². The van der Waals surface area contributed by atoms with E-state index in [1.54, 1.807) is 0 Å². The molecule has 1 saturated heterocycles. The zero-order valence-electron chi connectivity index (χ0n) is 15.4. The fourth-order valence-corrected chi connectivity index (χ4v) is 3.40. The highest BCUT2D eigenvalue weighted by Gasteiger charge is 2.34. The second-order valence-electron chi connectivity index (χ2n) is 6.91. The van der Waals surface area contributed by atoms with Crippen molar-refractivity contribution in [3.8, 4) is 5.75 Å². The van der Waals surface area contributed by atoms with Crippen LogP contribution in [0.2, 0.25) is 0 Å². The van der Waals surface area contributed by atoms with Crippen molar-refractivity contribution in [3.63, 3.8) is 0 Å². The van der Waals surface area contributed by atoms with Crippen molar-refractivity contribution in [2.45, 2.75) is 31.6 Å². The third kappa shape index (κ3) is 5.73.